The molecule has 0 aliphatic rings. The minimum Gasteiger partial charge on any atom is -0.347 e. The Bertz CT molecular complexity index is 514. The van der Waals surface area contributed by atoms with Gasteiger partial charge in [-0.2, -0.15) is 0 Å². The van der Waals surface area contributed by atoms with E-state index in [0.717, 1.165) is 30.3 Å². The highest BCUT2D eigenvalue weighted by Gasteiger charge is 2.09. The third-order valence-corrected chi connectivity index (χ3v) is 3.14. The van der Waals surface area contributed by atoms with E-state index in [4.69, 9.17) is 5.73 Å². The maximum absolute atomic E-state index is 13.3. The Balaban J connectivity index is 2.43. The molecule has 2 aromatic rings. The molecule has 92 valence electrons. The zero-order valence-electron chi connectivity index (χ0n) is 10.4. The van der Waals surface area contributed by atoms with Crippen molar-refractivity contribution in [2.45, 2.75) is 39.3 Å². The number of hydrogen-bond donors (Lipinski definition) is 1. The van der Waals surface area contributed by atoms with Gasteiger partial charge in [0.2, 0.25) is 0 Å². The smallest absolute Gasteiger partial charge is 0.123 e. The fourth-order valence-electron chi connectivity index (χ4n) is 2.19. The molecule has 1 unspecified atom stereocenters. The van der Waals surface area contributed by atoms with Gasteiger partial charge in [0.25, 0.3) is 0 Å². The second-order valence-electron chi connectivity index (χ2n) is 4.62. The lowest BCUT2D eigenvalue weighted by molar-refractivity contribution is 0.629. The highest BCUT2D eigenvalue weighted by atomic mass is 19.1. The number of halogens is 1. The average molecular weight is 234 g/mol. The van der Waals surface area contributed by atoms with Crippen molar-refractivity contribution < 1.29 is 4.39 Å². The van der Waals surface area contributed by atoms with Gasteiger partial charge in [0.15, 0.2) is 0 Å². The lowest BCUT2D eigenvalue weighted by Crippen LogP contribution is -2.15. The Morgan fingerprint density at radius 2 is 2.18 bits per heavy atom. The number of aryl methyl sites for hydroxylation is 2. The summed E-state index contributed by atoms with van der Waals surface area (Å²) in [4.78, 5) is 0. The summed E-state index contributed by atoms with van der Waals surface area (Å²) in [6.07, 6.45) is 3.95. The molecular formula is C14H19FN2. The van der Waals surface area contributed by atoms with E-state index in [1.54, 1.807) is 6.07 Å². The second kappa shape index (κ2) is 4.88. The van der Waals surface area contributed by atoms with E-state index in [1.165, 1.54) is 11.6 Å². The summed E-state index contributed by atoms with van der Waals surface area (Å²) < 4.78 is 15.5. The molecule has 3 heteroatoms. The number of rotatable bonds is 4. The predicted octanol–water partition coefficient (Wildman–Crippen LogP) is 3.08. The molecule has 1 aromatic heterocycles. The van der Waals surface area contributed by atoms with Crippen LogP contribution in [0.3, 0.4) is 0 Å². The highest BCUT2D eigenvalue weighted by molar-refractivity contribution is 5.84. The van der Waals surface area contributed by atoms with Gasteiger partial charge in [-0.1, -0.05) is 0 Å². The number of aromatic nitrogens is 1. The van der Waals surface area contributed by atoms with E-state index in [-0.39, 0.29) is 11.9 Å². The standard InChI is InChI=1S/C14H19FN2/c1-3-17-9-11(5-4-10(2)16)13-8-12(15)6-7-14(13)17/h6-10H,3-5,16H2,1-2H3. The molecule has 17 heavy (non-hydrogen) atoms. The number of fused-ring (bicyclic) bond motifs is 1. The highest BCUT2D eigenvalue weighted by Crippen LogP contribution is 2.24. The lowest BCUT2D eigenvalue weighted by Gasteiger charge is -2.03. The molecule has 2 N–H and O–H groups in total. The fourth-order valence-corrected chi connectivity index (χ4v) is 2.19. The molecule has 1 atom stereocenters. The van der Waals surface area contributed by atoms with Crippen LogP contribution in [-0.4, -0.2) is 10.6 Å². The molecule has 1 heterocycles. The monoisotopic (exact) mass is 234 g/mol. The summed E-state index contributed by atoms with van der Waals surface area (Å²) in [5, 5.41) is 1.02. The third kappa shape index (κ3) is 2.50. The van der Waals surface area contributed by atoms with Crippen molar-refractivity contribution in [2.24, 2.45) is 5.73 Å². The summed E-state index contributed by atoms with van der Waals surface area (Å²) in [6, 6.07) is 5.18. The molecule has 0 radical (unpaired) electrons. The molecule has 2 nitrogen and oxygen atoms in total. The van der Waals surface area contributed by atoms with Crippen LogP contribution in [0.5, 0.6) is 0 Å². The van der Waals surface area contributed by atoms with Crippen LogP contribution in [0.2, 0.25) is 0 Å². The number of nitrogens with two attached hydrogens (primary N) is 1. The van der Waals surface area contributed by atoms with E-state index in [1.807, 2.05) is 13.0 Å². The van der Waals surface area contributed by atoms with Gasteiger partial charge in [0.1, 0.15) is 5.82 Å². The Labute approximate surface area is 101 Å². The lowest BCUT2D eigenvalue weighted by atomic mass is 10.1. The molecule has 0 fully saturated rings. The molecule has 0 saturated heterocycles. The second-order valence-corrected chi connectivity index (χ2v) is 4.62. The van der Waals surface area contributed by atoms with Gasteiger partial charge in [-0.3, -0.25) is 0 Å². The summed E-state index contributed by atoms with van der Waals surface area (Å²) in [6.45, 7) is 5.00. The first-order valence-corrected chi connectivity index (χ1v) is 6.14. The number of hydrogen-bond acceptors (Lipinski definition) is 1. The van der Waals surface area contributed by atoms with E-state index in [0.29, 0.717) is 0 Å². The molecule has 0 bridgehead atoms. The average Bonchev–Trinajstić information content (AvgIpc) is 2.63. The predicted molar refractivity (Wildman–Crippen MR) is 69.5 cm³/mol. The maximum Gasteiger partial charge on any atom is 0.123 e. The van der Waals surface area contributed by atoms with Crippen molar-refractivity contribution in [3.8, 4) is 0 Å². The van der Waals surface area contributed by atoms with E-state index < -0.39 is 0 Å². The molecule has 0 aliphatic heterocycles. The zero-order valence-corrected chi connectivity index (χ0v) is 10.4. The minimum atomic E-state index is -0.173. The van der Waals surface area contributed by atoms with E-state index >= 15 is 0 Å². The van der Waals surface area contributed by atoms with Crippen LogP contribution in [0.15, 0.2) is 24.4 Å². The van der Waals surface area contributed by atoms with Crippen LogP contribution in [0.1, 0.15) is 25.8 Å². The third-order valence-electron chi connectivity index (χ3n) is 3.14. The molecule has 0 amide bonds. The Hall–Kier alpha value is -1.35. The van der Waals surface area contributed by atoms with Gasteiger partial charge in [-0.05, 0) is 50.5 Å². The number of nitrogens with zero attached hydrogens (tertiary/aromatic N) is 1. The van der Waals surface area contributed by atoms with E-state index in [2.05, 4.69) is 17.7 Å². The molecular weight excluding hydrogens is 215 g/mol. The summed E-state index contributed by atoms with van der Waals surface area (Å²) >= 11 is 0. The maximum atomic E-state index is 13.3. The molecule has 0 saturated carbocycles. The summed E-state index contributed by atoms with van der Waals surface area (Å²) in [5.41, 5.74) is 8.07. The van der Waals surface area contributed by atoms with Crippen LogP contribution in [0.25, 0.3) is 10.9 Å². The van der Waals surface area contributed by atoms with E-state index in [9.17, 15) is 4.39 Å². The molecule has 0 aliphatic carbocycles. The van der Waals surface area contributed by atoms with Crippen molar-refractivity contribution in [1.82, 2.24) is 4.57 Å². The first-order chi connectivity index (χ1) is 8.11. The van der Waals surface area contributed by atoms with Gasteiger partial charge in [0.05, 0.1) is 0 Å². The Kier molecular flexibility index (Phi) is 3.48. The molecule has 1 aromatic carbocycles. The summed E-state index contributed by atoms with van der Waals surface area (Å²) in [7, 11) is 0. The largest absolute Gasteiger partial charge is 0.347 e. The SMILES string of the molecule is CCn1cc(CCC(C)N)c2cc(F)ccc21. The Morgan fingerprint density at radius 1 is 1.41 bits per heavy atom. The van der Waals surface area contributed by atoms with Crippen LogP contribution in [-0.2, 0) is 13.0 Å². The first kappa shape index (κ1) is 12.1. The van der Waals surface area contributed by atoms with Crippen molar-refractivity contribution in [3.63, 3.8) is 0 Å². The van der Waals surface area contributed by atoms with Gasteiger partial charge in [-0.25, -0.2) is 4.39 Å². The van der Waals surface area contributed by atoms with Gasteiger partial charge in [0, 0.05) is 29.7 Å². The Morgan fingerprint density at radius 3 is 2.82 bits per heavy atom. The quantitative estimate of drug-likeness (QED) is 0.866. The first-order valence-electron chi connectivity index (χ1n) is 6.14. The van der Waals surface area contributed by atoms with Crippen LogP contribution in [0, 0.1) is 5.82 Å². The van der Waals surface area contributed by atoms with Crippen molar-refractivity contribution in [3.05, 3.63) is 35.8 Å². The van der Waals surface area contributed by atoms with Crippen molar-refractivity contribution in [1.29, 1.82) is 0 Å². The van der Waals surface area contributed by atoms with Crippen LogP contribution in [0.4, 0.5) is 4.39 Å². The summed E-state index contributed by atoms with van der Waals surface area (Å²) in [5.74, 6) is -0.173. The molecule has 2 rings (SSSR count). The van der Waals surface area contributed by atoms with Gasteiger partial charge in [-0.15, -0.1) is 0 Å². The van der Waals surface area contributed by atoms with Gasteiger partial charge >= 0.3 is 0 Å². The normalized spacial score (nSPS) is 13.2. The zero-order chi connectivity index (χ0) is 12.4. The number of benzene rings is 1. The fraction of sp³-hybridized carbons (Fsp3) is 0.429. The molecule has 0 spiro atoms. The van der Waals surface area contributed by atoms with Crippen LogP contribution >= 0.6 is 0 Å². The van der Waals surface area contributed by atoms with Gasteiger partial charge < -0.3 is 10.3 Å². The van der Waals surface area contributed by atoms with Crippen LogP contribution < -0.4 is 5.73 Å². The minimum absolute atomic E-state index is 0.173. The van der Waals surface area contributed by atoms with Crippen molar-refractivity contribution in [2.75, 3.05) is 0 Å². The van der Waals surface area contributed by atoms with Crippen molar-refractivity contribution >= 4 is 10.9 Å². The topological polar surface area (TPSA) is 30.9 Å².